The summed E-state index contributed by atoms with van der Waals surface area (Å²) in [4.78, 5) is 1.31. The van der Waals surface area contributed by atoms with Crippen LogP contribution in [0.3, 0.4) is 0 Å². The van der Waals surface area contributed by atoms with Crippen LogP contribution in [0.2, 0.25) is 0 Å². The van der Waals surface area contributed by atoms with Crippen LogP contribution in [0.15, 0.2) is 11.4 Å². The Labute approximate surface area is 78.2 Å². The number of hydrogen-bond acceptors (Lipinski definition) is 2. The van der Waals surface area contributed by atoms with E-state index in [2.05, 4.69) is 41.0 Å². The van der Waals surface area contributed by atoms with Crippen molar-refractivity contribution in [2.45, 2.75) is 10.8 Å². The number of aliphatic hydroxyl groups excluding tert-OH is 1. The van der Waals surface area contributed by atoms with Gasteiger partial charge in [0, 0.05) is 4.88 Å². The van der Waals surface area contributed by atoms with Crippen LogP contribution in [0, 0.1) is 6.92 Å². The summed E-state index contributed by atoms with van der Waals surface area (Å²) >= 11 is 3.97. The number of rotatable bonds is 2. The van der Waals surface area contributed by atoms with E-state index in [4.69, 9.17) is 5.11 Å². The second-order valence-electron chi connectivity index (χ2n) is 2.14. The zero-order valence-electron chi connectivity index (χ0n) is 5.67. The van der Waals surface area contributed by atoms with Gasteiger partial charge in [-0.1, -0.05) is 22.6 Å². The maximum atomic E-state index is 8.79. The van der Waals surface area contributed by atoms with Gasteiger partial charge in [0.25, 0.3) is 0 Å². The monoisotopic (exact) mass is 268 g/mol. The third-order valence-corrected chi connectivity index (χ3v) is 3.27. The number of thiophene rings is 1. The van der Waals surface area contributed by atoms with Gasteiger partial charge >= 0.3 is 0 Å². The van der Waals surface area contributed by atoms with Crippen molar-refractivity contribution < 1.29 is 5.11 Å². The summed E-state index contributed by atoms with van der Waals surface area (Å²) in [5.41, 5.74) is 1.24. The van der Waals surface area contributed by atoms with E-state index in [1.807, 2.05) is 0 Å². The Kier molecular flexibility index (Phi) is 3.13. The van der Waals surface area contributed by atoms with E-state index in [0.717, 1.165) is 0 Å². The summed E-state index contributed by atoms with van der Waals surface area (Å²) in [6.45, 7) is 2.31. The Hall–Kier alpha value is 0.390. The molecular formula is C7H9IOS. The van der Waals surface area contributed by atoms with Crippen LogP contribution in [0.25, 0.3) is 0 Å². The maximum absolute atomic E-state index is 8.79. The fraction of sp³-hybridized carbons (Fsp3) is 0.429. The van der Waals surface area contributed by atoms with Crippen LogP contribution in [-0.2, 0) is 0 Å². The SMILES string of the molecule is Cc1cc([C@H](I)CO)cs1. The molecule has 0 saturated carbocycles. The number of aryl methyl sites for hydroxylation is 1. The van der Waals surface area contributed by atoms with E-state index in [-0.39, 0.29) is 10.5 Å². The Bertz CT molecular complexity index is 209. The minimum absolute atomic E-state index is 0.233. The van der Waals surface area contributed by atoms with Crippen molar-refractivity contribution >= 4 is 33.9 Å². The van der Waals surface area contributed by atoms with Crippen molar-refractivity contribution in [2.75, 3.05) is 6.61 Å². The third kappa shape index (κ3) is 1.93. The standard InChI is InChI=1S/C7H9IOS/c1-5-2-6(4-10-5)7(8)3-9/h2,4,7,9H,3H2,1H3/t7-/m1/s1. The quantitative estimate of drug-likeness (QED) is 0.645. The second-order valence-corrected chi connectivity index (χ2v) is 4.76. The van der Waals surface area contributed by atoms with Gasteiger partial charge in [-0.2, -0.15) is 0 Å². The number of hydrogen-bond donors (Lipinski definition) is 1. The lowest BCUT2D eigenvalue weighted by Crippen LogP contribution is -1.91. The highest BCUT2D eigenvalue weighted by molar-refractivity contribution is 14.1. The fourth-order valence-corrected chi connectivity index (χ4v) is 2.10. The molecule has 0 aliphatic heterocycles. The summed E-state index contributed by atoms with van der Waals surface area (Å²) < 4.78 is 0.266. The zero-order chi connectivity index (χ0) is 7.56. The van der Waals surface area contributed by atoms with Gasteiger partial charge < -0.3 is 5.11 Å². The molecule has 1 rings (SSSR count). The van der Waals surface area contributed by atoms with Gasteiger partial charge in [-0.3, -0.25) is 0 Å². The van der Waals surface area contributed by atoms with Crippen molar-refractivity contribution in [2.24, 2.45) is 0 Å². The van der Waals surface area contributed by atoms with Crippen LogP contribution >= 0.6 is 33.9 Å². The molecule has 0 aliphatic rings. The molecule has 0 fully saturated rings. The summed E-state index contributed by atoms with van der Waals surface area (Å²) in [6, 6.07) is 2.12. The van der Waals surface area contributed by atoms with Crippen molar-refractivity contribution in [3.05, 3.63) is 21.9 Å². The van der Waals surface area contributed by atoms with E-state index >= 15 is 0 Å². The van der Waals surface area contributed by atoms with Crippen LogP contribution < -0.4 is 0 Å². The first-order valence-electron chi connectivity index (χ1n) is 3.04. The fourth-order valence-electron chi connectivity index (χ4n) is 0.733. The van der Waals surface area contributed by atoms with E-state index in [0.29, 0.717) is 0 Å². The minimum atomic E-state index is 0.233. The van der Waals surface area contributed by atoms with Gasteiger partial charge in [-0.05, 0) is 23.9 Å². The second kappa shape index (κ2) is 3.69. The molecule has 56 valence electrons. The molecule has 1 heterocycles. The Morgan fingerprint density at radius 1 is 1.80 bits per heavy atom. The lowest BCUT2D eigenvalue weighted by Gasteiger charge is -2.00. The van der Waals surface area contributed by atoms with Gasteiger partial charge in [0.15, 0.2) is 0 Å². The molecule has 0 aromatic carbocycles. The minimum Gasteiger partial charge on any atom is -0.395 e. The van der Waals surface area contributed by atoms with E-state index in [1.54, 1.807) is 11.3 Å². The van der Waals surface area contributed by atoms with Crippen molar-refractivity contribution in [1.82, 2.24) is 0 Å². The van der Waals surface area contributed by atoms with Crippen LogP contribution in [0.5, 0.6) is 0 Å². The Balaban J connectivity index is 2.74. The van der Waals surface area contributed by atoms with Gasteiger partial charge in [0.2, 0.25) is 0 Å². The van der Waals surface area contributed by atoms with Crippen LogP contribution in [0.1, 0.15) is 14.4 Å². The molecule has 0 radical (unpaired) electrons. The lowest BCUT2D eigenvalue weighted by atomic mass is 10.2. The molecule has 1 N–H and O–H groups in total. The average Bonchev–Trinajstić information content (AvgIpc) is 2.34. The number of aliphatic hydroxyl groups is 1. The predicted octanol–water partition coefficient (Wildman–Crippen LogP) is 2.52. The topological polar surface area (TPSA) is 20.2 Å². The third-order valence-electron chi connectivity index (χ3n) is 1.27. The molecule has 0 bridgehead atoms. The summed E-state index contributed by atoms with van der Waals surface area (Å²) in [5, 5.41) is 10.9. The molecule has 3 heteroatoms. The van der Waals surface area contributed by atoms with Gasteiger partial charge in [-0.15, -0.1) is 11.3 Å². The normalized spacial score (nSPS) is 13.5. The Morgan fingerprint density at radius 3 is 2.90 bits per heavy atom. The molecule has 1 aromatic rings. The smallest absolute Gasteiger partial charge is 0.0598 e. The molecule has 10 heavy (non-hydrogen) atoms. The highest BCUT2D eigenvalue weighted by atomic mass is 127. The molecule has 0 spiro atoms. The zero-order valence-corrected chi connectivity index (χ0v) is 8.65. The molecule has 0 aliphatic carbocycles. The number of alkyl halides is 1. The molecule has 1 nitrogen and oxygen atoms in total. The van der Waals surface area contributed by atoms with E-state index < -0.39 is 0 Å². The maximum Gasteiger partial charge on any atom is 0.0598 e. The summed E-state index contributed by atoms with van der Waals surface area (Å²) in [6.07, 6.45) is 0. The van der Waals surface area contributed by atoms with Crippen molar-refractivity contribution in [3.63, 3.8) is 0 Å². The summed E-state index contributed by atoms with van der Waals surface area (Å²) in [5.74, 6) is 0. The van der Waals surface area contributed by atoms with Crippen LogP contribution in [-0.4, -0.2) is 11.7 Å². The van der Waals surface area contributed by atoms with Crippen molar-refractivity contribution in [1.29, 1.82) is 0 Å². The number of halogens is 1. The van der Waals surface area contributed by atoms with Crippen molar-refractivity contribution in [3.8, 4) is 0 Å². The first-order chi connectivity index (χ1) is 4.74. The molecule has 0 unspecified atom stereocenters. The van der Waals surface area contributed by atoms with Crippen LogP contribution in [0.4, 0.5) is 0 Å². The predicted molar refractivity (Wildman–Crippen MR) is 52.9 cm³/mol. The first-order valence-corrected chi connectivity index (χ1v) is 5.16. The van der Waals surface area contributed by atoms with E-state index in [9.17, 15) is 0 Å². The first kappa shape index (κ1) is 8.49. The van der Waals surface area contributed by atoms with Gasteiger partial charge in [-0.25, -0.2) is 0 Å². The molecule has 1 aromatic heterocycles. The highest BCUT2D eigenvalue weighted by Gasteiger charge is 2.05. The summed E-state index contributed by atoms with van der Waals surface area (Å²) in [7, 11) is 0. The molecular weight excluding hydrogens is 259 g/mol. The Morgan fingerprint density at radius 2 is 2.50 bits per heavy atom. The van der Waals surface area contributed by atoms with Gasteiger partial charge in [0.05, 0.1) is 10.5 Å². The van der Waals surface area contributed by atoms with Gasteiger partial charge in [0.1, 0.15) is 0 Å². The highest BCUT2D eigenvalue weighted by Crippen LogP contribution is 2.26. The lowest BCUT2D eigenvalue weighted by molar-refractivity contribution is 0.301. The average molecular weight is 268 g/mol. The molecule has 0 amide bonds. The molecule has 0 saturated heterocycles. The molecule has 1 atom stereocenters. The largest absolute Gasteiger partial charge is 0.395 e. The van der Waals surface area contributed by atoms with E-state index in [1.165, 1.54) is 10.4 Å².